The lowest BCUT2D eigenvalue weighted by molar-refractivity contribution is -0.141. The Morgan fingerprint density at radius 2 is 2.06 bits per heavy atom. The quantitative estimate of drug-likeness (QED) is 0.652. The van der Waals surface area contributed by atoms with Crippen LogP contribution in [0.4, 0.5) is 0 Å². The summed E-state index contributed by atoms with van der Waals surface area (Å²) < 4.78 is 5.02. The second-order valence-electron chi connectivity index (χ2n) is 3.82. The molecule has 17 heavy (non-hydrogen) atoms. The molecule has 0 aromatic heterocycles. The summed E-state index contributed by atoms with van der Waals surface area (Å²) >= 11 is 1.56. The van der Waals surface area contributed by atoms with Crippen molar-refractivity contribution in [2.75, 3.05) is 19.1 Å². The average Bonchev–Trinajstić information content (AvgIpc) is 2.30. The smallest absolute Gasteiger partial charge is 0.326 e. The Morgan fingerprint density at radius 3 is 2.53 bits per heavy atom. The molecule has 0 aromatic carbocycles. The number of rotatable bonds is 9. The third kappa shape index (κ3) is 8.04. The third-order valence-corrected chi connectivity index (χ3v) is 3.07. The lowest BCUT2D eigenvalue weighted by Gasteiger charge is -2.14. The molecule has 1 unspecified atom stereocenters. The van der Waals surface area contributed by atoms with Gasteiger partial charge in [-0.3, -0.25) is 4.79 Å². The molecule has 0 aromatic rings. The van der Waals surface area contributed by atoms with Crippen LogP contribution in [0.25, 0.3) is 0 Å². The first kappa shape index (κ1) is 16.2. The molecule has 1 amide bonds. The van der Waals surface area contributed by atoms with Crippen molar-refractivity contribution in [1.29, 1.82) is 0 Å². The Morgan fingerprint density at radius 1 is 1.41 bits per heavy atom. The van der Waals surface area contributed by atoms with Crippen molar-refractivity contribution in [3.8, 4) is 0 Å². The number of hydrogen-bond acceptors (Lipinski definition) is 4. The van der Waals surface area contributed by atoms with E-state index in [2.05, 4.69) is 5.32 Å². The third-order valence-electron chi connectivity index (χ3n) is 2.42. The van der Waals surface area contributed by atoms with Crippen molar-refractivity contribution >= 4 is 23.6 Å². The molecule has 0 aliphatic rings. The van der Waals surface area contributed by atoms with Gasteiger partial charge in [-0.15, -0.1) is 0 Å². The van der Waals surface area contributed by atoms with E-state index < -0.39 is 12.0 Å². The van der Waals surface area contributed by atoms with Gasteiger partial charge in [0.15, 0.2) is 0 Å². The van der Waals surface area contributed by atoms with Crippen LogP contribution in [-0.2, 0) is 14.3 Å². The molecule has 0 aliphatic carbocycles. The Balaban J connectivity index is 3.99. The van der Waals surface area contributed by atoms with Gasteiger partial charge in [-0.05, 0) is 31.8 Å². The first-order chi connectivity index (χ1) is 8.01. The van der Waals surface area contributed by atoms with Crippen LogP contribution in [0, 0.1) is 0 Å². The lowest BCUT2D eigenvalue weighted by Crippen LogP contribution is -2.41. The van der Waals surface area contributed by atoms with Gasteiger partial charge in [-0.2, -0.15) is 11.8 Å². The molecule has 0 spiro atoms. The van der Waals surface area contributed by atoms with Gasteiger partial charge in [-0.25, -0.2) is 4.79 Å². The van der Waals surface area contributed by atoms with Crippen LogP contribution in [0.2, 0.25) is 0 Å². The van der Waals surface area contributed by atoms with Crippen LogP contribution in [0.5, 0.6) is 0 Å². The van der Waals surface area contributed by atoms with Gasteiger partial charge < -0.3 is 15.2 Å². The zero-order chi connectivity index (χ0) is 13.3. The molecule has 0 aliphatic heterocycles. The highest BCUT2D eigenvalue weighted by atomic mass is 32.2. The van der Waals surface area contributed by atoms with E-state index in [-0.39, 0.29) is 18.4 Å². The van der Waals surface area contributed by atoms with Crippen molar-refractivity contribution < 1.29 is 19.4 Å². The van der Waals surface area contributed by atoms with Gasteiger partial charge in [0, 0.05) is 13.5 Å². The molecule has 5 nitrogen and oxygen atoms in total. The van der Waals surface area contributed by atoms with E-state index >= 15 is 0 Å². The summed E-state index contributed by atoms with van der Waals surface area (Å²) in [6.07, 6.45) is 3.24. The zero-order valence-corrected chi connectivity index (χ0v) is 11.4. The van der Waals surface area contributed by atoms with Gasteiger partial charge >= 0.3 is 5.97 Å². The van der Waals surface area contributed by atoms with Gasteiger partial charge in [0.1, 0.15) is 6.04 Å². The summed E-state index contributed by atoms with van der Waals surface area (Å²) in [7, 11) is 1.58. The van der Waals surface area contributed by atoms with Gasteiger partial charge in [-0.1, -0.05) is 0 Å². The van der Waals surface area contributed by atoms with Crippen LogP contribution < -0.4 is 5.32 Å². The number of carboxylic acids is 1. The summed E-state index contributed by atoms with van der Waals surface area (Å²) in [5, 5.41) is 11.4. The van der Waals surface area contributed by atoms with E-state index in [1.54, 1.807) is 18.9 Å². The predicted octanol–water partition coefficient (Wildman–Crippen LogP) is 1.12. The zero-order valence-electron chi connectivity index (χ0n) is 10.6. The number of carbonyl (C=O) groups excluding carboxylic acids is 1. The summed E-state index contributed by atoms with van der Waals surface area (Å²) in [6, 6.07) is -0.784. The highest BCUT2D eigenvalue weighted by molar-refractivity contribution is 7.98. The van der Waals surface area contributed by atoms with E-state index in [4.69, 9.17) is 9.84 Å². The van der Waals surface area contributed by atoms with Crippen LogP contribution in [0.1, 0.15) is 26.2 Å². The van der Waals surface area contributed by atoms with E-state index in [0.29, 0.717) is 18.6 Å². The van der Waals surface area contributed by atoms with Crippen LogP contribution >= 0.6 is 11.8 Å². The molecule has 0 saturated carbocycles. The topological polar surface area (TPSA) is 75.6 Å². The maximum Gasteiger partial charge on any atom is 0.326 e. The number of thioether (sulfide) groups is 1. The summed E-state index contributed by atoms with van der Waals surface area (Å²) in [5.41, 5.74) is 0. The molecule has 2 N–H and O–H groups in total. The Bertz CT molecular complexity index is 248. The molecule has 0 fully saturated rings. The molecule has 0 saturated heterocycles. The fraction of sp³-hybridized carbons (Fsp3) is 0.818. The average molecular weight is 263 g/mol. The molecule has 0 rings (SSSR count). The Labute approximate surface area is 106 Å². The number of carboxylic acid groups (broad SMARTS) is 1. The van der Waals surface area contributed by atoms with E-state index in [1.807, 2.05) is 13.2 Å². The Kier molecular flexibility index (Phi) is 8.89. The van der Waals surface area contributed by atoms with Crippen molar-refractivity contribution in [3.63, 3.8) is 0 Å². The number of amides is 1. The SMILES string of the molecule is COC(C)CCC(=O)N[C@H](CCSC)C(=O)O. The van der Waals surface area contributed by atoms with Crippen molar-refractivity contribution in [1.82, 2.24) is 5.32 Å². The second-order valence-corrected chi connectivity index (χ2v) is 4.81. The highest BCUT2D eigenvalue weighted by Gasteiger charge is 2.19. The lowest BCUT2D eigenvalue weighted by atomic mass is 10.2. The van der Waals surface area contributed by atoms with E-state index in [9.17, 15) is 9.59 Å². The molecular weight excluding hydrogens is 242 g/mol. The standard InChI is InChI=1S/C11H21NO4S/c1-8(16-2)4-5-10(13)12-9(11(14)15)6-7-17-3/h8-9H,4-7H2,1-3H3,(H,12,13)(H,14,15)/t8?,9-/m1/s1. The number of methoxy groups -OCH3 is 1. The monoisotopic (exact) mass is 263 g/mol. The second kappa shape index (κ2) is 9.30. The van der Waals surface area contributed by atoms with Gasteiger partial charge in [0.2, 0.25) is 5.91 Å². The number of carbonyl (C=O) groups is 2. The number of nitrogens with one attached hydrogen (secondary N) is 1. The fourth-order valence-corrected chi connectivity index (χ4v) is 1.68. The van der Waals surface area contributed by atoms with Crippen molar-refractivity contribution in [3.05, 3.63) is 0 Å². The van der Waals surface area contributed by atoms with Gasteiger partial charge in [0.05, 0.1) is 6.10 Å². The van der Waals surface area contributed by atoms with Crippen LogP contribution in [0.3, 0.4) is 0 Å². The van der Waals surface area contributed by atoms with Gasteiger partial charge in [0.25, 0.3) is 0 Å². The predicted molar refractivity (Wildman–Crippen MR) is 68.3 cm³/mol. The Hall–Kier alpha value is -0.750. The summed E-state index contributed by atoms with van der Waals surface area (Å²) in [4.78, 5) is 22.4. The minimum Gasteiger partial charge on any atom is -0.480 e. The minimum absolute atomic E-state index is 0.00947. The number of hydrogen-bond donors (Lipinski definition) is 2. The first-order valence-electron chi connectivity index (χ1n) is 5.55. The van der Waals surface area contributed by atoms with Crippen molar-refractivity contribution in [2.24, 2.45) is 0 Å². The minimum atomic E-state index is -0.979. The summed E-state index contributed by atoms with van der Waals surface area (Å²) in [5.74, 6) is -0.499. The summed E-state index contributed by atoms with van der Waals surface area (Å²) in [6.45, 7) is 1.87. The van der Waals surface area contributed by atoms with Crippen LogP contribution in [-0.4, -0.2) is 48.2 Å². The molecule has 100 valence electrons. The number of aliphatic carboxylic acids is 1. The molecule has 0 heterocycles. The normalized spacial score (nSPS) is 14.1. The fourth-order valence-electron chi connectivity index (χ4n) is 1.21. The maximum absolute atomic E-state index is 11.5. The largest absolute Gasteiger partial charge is 0.480 e. The highest BCUT2D eigenvalue weighted by Crippen LogP contribution is 2.03. The van der Waals surface area contributed by atoms with Crippen LogP contribution in [0.15, 0.2) is 0 Å². The molecular formula is C11H21NO4S. The van der Waals surface area contributed by atoms with E-state index in [1.165, 1.54) is 0 Å². The molecule has 2 atom stereocenters. The first-order valence-corrected chi connectivity index (χ1v) is 6.94. The van der Waals surface area contributed by atoms with E-state index in [0.717, 1.165) is 0 Å². The molecule has 0 radical (unpaired) electrons. The molecule has 0 bridgehead atoms. The maximum atomic E-state index is 11.5. The van der Waals surface area contributed by atoms with Crippen molar-refractivity contribution in [2.45, 2.75) is 38.3 Å². The molecule has 6 heteroatoms. The number of ether oxygens (including phenoxy) is 1.